The normalized spacial score (nSPS) is 16.2. The fraction of sp³-hybridized carbons (Fsp3) is 0.333. The Labute approximate surface area is 154 Å². The number of hydrogen-bond acceptors (Lipinski definition) is 5. The van der Waals surface area contributed by atoms with Gasteiger partial charge in [0.25, 0.3) is 0 Å². The number of carbonyl (C=O) groups excluding carboxylic acids is 1. The van der Waals surface area contributed by atoms with Crippen molar-refractivity contribution in [2.75, 3.05) is 43.2 Å². The van der Waals surface area contributed by atoms with Crippen molar-refractivity contribution in [3.8, 4) is 11.5 Å². The molecule has 3 heterocycles. The van der Waals surface area contributed by atoms with Crippen molar-refractivity contribution in [1.29, 1.82) is 0 Å². The largest absolute Gasteiger partial charge is 0.454 e. The van der Waals surface area contributed by atoms with E-state index in [1.807, 2.05) is 0 Å². The number of rotatable bonds is 2. The van der Waals surface area contributed by atoms with Crippen molar-refractivity contribution in [3.05, 3.63) is 42.1 Å². The number of benzene rings is 1. The molecule has 1 fully saturated rings. The van der Waals surface area contributed by atoms with Crippen LogP contribution < -0.4 is 19.7 Å². The Hall–Kier alpha value is -3.10. The summed E-state index contributed by atoms with van der Waals surface area (Å²) in [7, 11) is 0. The minimum Gasteiger partial charge on any atom is -0.454 e. The van der Waals surface area contributed by atoms with Crippen LogP contribution in [-0.2, 0) is 0 Å². The molecule has 4 rings (SSSR count). The van der Waals surface area contributed by atoms with Crippen molar-refractivity contribution in [2.24, 2.45) is 0 Å². The summed E-state index contributed by atoms with van der Waals surface area (Å²) in [6, 6.07) is 5.13. The molecule has 2 aromatic rings. The molecule has 0 atom stereocenters. The highest BCUT2D eigenvalue weighted by Gasteiger charge is 2.26. The zero-order valence-corrected chi connectivity index (χ0v) is 14.5. The lowest BCUT2D eigenvalue weighted by Gasteiger charge is -2.23. The van der Waals surface area contributed by atoms with E-state index < -0.39 is 17.7 Å². The molecule has 1 saturated heterocycles. The number of carbonyl (C=O) groups is 1. The molecule has 1 aromatic heterocycles. The Kier molecular flexibility index (Phi) is 4.66. The summed E-state index contributed by atoms with van der Waals surface area (Å²) < 4.78 is 38.6. The van der Waals surface area contributed by atoms with Crippen LogP contribution in [0.1, 0.15) is 6.42 Å². The van der Waals surface area contributed by atoms with E-state index in [1.165, 1.54) is 30.5 Å². The van der Waals surface area contributed by atoms with Crippen LogP contribution in [0.15, 0.2) is 30.5 Å². The van der Waals surface area contributed by atoms with E-state index in [1.54, 1.807) is 9.80 Å². The molecule has 2 aliphatic rings. The van der Waals surface area contributed by atoms with Gasteiger partial charge in [0.2, 0.25) is 6.79 Å². The van der Waals surface area contributed by atoms with Gasteiger partial charge in [0.05, 0.1) is 0 Å². The van der Waals surface area contributed by atoms with Gasteiger partial charge in [-0.3, -0.25) is 0 Å². The number of hydrogen-bond donors (Lipinski definition) is 1. The van der Waals surface area contributed by atoms with Crippen molar-refractivity contribution in [3.63, 3.8) is 0 Å². The van der Waals surface area contributed by atoms with E-state index in [2.05, 4.69) is 10.3 Å². The predicted octanol–water partition coefficient (Wildman–Crippen LogP) is 2.83. The lowest BCUT2D eigenvalue weighted by Crippen LogP contribution is -2.38. The van der Waals surface area contributed by atoms with Gasteiger partial charge in [0.1, 0.15) is 5.69 Å². The molecule has 0 aliphatic carbocycles. The van der Waals surface area contributed by atoms with E-state index >= 15 is 0 Å². The number of urea groups is 1. The van der Waals surface area contributed by atoms with Gasteiger partial charge in [-0.05, 0) is 30.7 Å². The molecule has 0 unspecified atom stereocenters. The van der Waals surface area contributed by atoms with Crippen LogP contribution in [0, 0.1) is 11.6 Å². The molecular formula is C18H18F2N4O3. The van der Waals surface area contributed by atoms with Crippen molar-refractivity contribution >= 4 is 17.5 Å². The third-order valence-electron chi connectivity index (χ3n) is 4.54. The molecule has 142 valence electrons. The Morgan fingerprint density at radius 2 is 1.96 bits per heavy atom. The van der Waals surface area contributed by atoms with Crippen LogP contribution in [0.25, 0.3) is 0 Å². The van der Waals surface area contributed by atoms with E-state index in [0.29, 0.717) is 38.3 Å². The predicted molar refractivity (Wildman–Crippen MR) is 94.1 cm³/mol. The van der Waals surface area contributed by atoms with Gasteiger partial charge in [0, 0.05) is 32.4 Å². The second-order valence-corrected chi connectivity index (χ2v) is 6.22. The maximum atomic E-state index is 14.2. The second-order valence-electron chi connectivity index (χ2n) is 6.22. The molecule has 27 heavy (non-hydrogen) atoms. The molecule has 0 saturated carbocycles. The van der Waals surface area contributed by atoms with Crippen LogP contribution in [0.3, 0.4) is 0 Å². The summed E-state index contributed by atoms with van der Waals surface area (Å²) in [6.07, 6.45) is 2.17. The van der Waals surface area contributed by atoms with Gasteiger partial charge in [-0.25, -0.2) is 18.6 Å². The fourth-order valence-corrected chi connectivity index (χ4v) is 3.19. The number of nitrogens with one attached hydrogen (secondary N) is 1. The van der Waals surface area contributed by atoms with Crippen molar-refractivity contribution in [2.45, 2.75) is 6.42 Å². The maximum Gasteiger partial charge on any atom is 0.322 e. The number of amides is 2. The van der Waals surface area contributed by atoms with Crippen LogP contribution >= 0.6 is 0 Å². The van der Waals surface area contributed by atoms with E-state index in [0.717, 1.165) is 0 Å². The molecule has 2 aliphatic heterocycles. The molecule has 0 spiro atoms. The molecule has 2 amide bonds. The summed E-state index contributed by atoms with van der Waals surface area (Å²) in [6.45, 7) is 1.80. The zero-order chi connectivity index (χ0) is 18.8. The van der Waals surface area contributed by atoms with Crippen LogP contribution in [-0.4, -0.2) is 48.9 Å². The van der Waals surface area contributed by atoms with Gasteiger partial charge in [-0.1, -0.05) is 0 Å². The van der Waals surface area contributed by atoms with Crippen LogP contribution in [0.5, 0.6) is 11.5 Å². The van der Waals surface area contributed by atoms with E-state index in [-0.39, 0.29) is 24.0 Å². The Bertz CT molecular complexity index is 864. The van der Waals surface area contributed by atoms with Gasteiger partial charge in [0.15, 0.2) is 29.0 Å². The van der Waals surface area contributed by atoms with Gasteiger partial charge in [-0.2, -0.15) is 0 Å². The minimum atomic E-state index is -0.598. The Balaban J connectivity index is 1.45. The standard InChI is InChI=1S/C18H18F2N4O3/c19-12-4-5-14-16(27-11-26-14)15(12)22-18(25)24-8-2-7-23(9-10-24)17-13(20)3-1-6-21-17/h1,3-6H,2,7-11H2,(H,22,25). The second kappa shape index (κ2) is 7.26. The van der Waals surface area contributed by atoms with E-state index in [9.17, 15) is 13.6 Å². The Morgan fingerprint density at radius 3 is 2.81 bits per heavy atom. The van der Waals surface area contributed by atoms with Gasteiger partial charge in [-0.15, -0.1) is 0 Å². The zero-order valence-electron chi connectivity index (χ0n) is 14.5. The SMILES string of the molecule is O=C(Nc1c(F)ccc2c1OCO2)N1CCCN(c2ncccc2F)CC1. The molecule has 1 N–H and O–H groups in total. The third-order valence-corrected chi connectivity index (χ3v) is 4.54. The monoisotopic (exact) mass is 376 g/mol. The summed E-state index contributed by atoms with van der Waals surface area (Å²) in [5, 5.41) is 2.57. The number of aromatic nitrogens is 1. The average molecular weight is 376 g/mol. The van der Waals surface area contributed by atoms with Crippen LogP contribution in [0.4, 0.5) is 25.1 Å². The number of ether oxygens (including phenoxy) is 2. The highest BCUT2D eigenvalue weighted by Crippen LogP contribution is 2.40. The first-order valence-electron chi connectivity index (χ1n) is 8.63. The lowest BCUT2D eigenvalue weighted by molar-refractivity contribution is 0.174. The van der Waals surface area contributed by atoms with Crippen molar-refractivity contribution < 1.29 is 23.0 Å². The maximum absolute atomic E-state index is 14.2. The number of nitrogens with zero attached hydrogens (tertiary/aromatic N) is 3. The first kappa shape index (κ1) is 17.3. The Morgan fingerprint density at radius 1 is 1.07 bits per heavy atom. The van der Waals surface area contributed by atoms with E-state index in [4.69, 9.17) is 9.47 Å². The topological polar surface area (TPSA) is 66.9 Å². The molecule has 9 heteroatoms. The molecule has 7 nitrogen and oxygen atoms in total. The highest BCUT2D eigenvalue weighted by molar-refractivity contribution is 5.92. The highest BCUT2D eigenvalue weighted by atomic mass is 19.1. The molecule has 0 radical (unpaired) electrons. The smallest absolute Gasteiger partial charge is 0.322 e. The van der Waals surface area contributed by atoms with Gasteiger partial charge < -0.3 is 24.6 Å². The van der Waals surface area contributed by atoms with Gasteiger partial charge >= 0.3 is 6.03 Å². The quantitative estimate of drug-likeness (QED) is 0.873. The average Bonchev–Trinajstić information content (AvgIpc) is 3.01. The van der Waals surface area contributed by atoms with Crippen LogP contribution in [0.2, 0.25) is 0 Å². The molecular weight excluding hydrogens is 358 g/mol. The summed E-state index contributed by atoms with van der Waals surface area (Å²) in [4.78, 5) is 20.1. The first-order valence-corrected chi connectivity index (χ1v) is 8.63. The number of anilines is 2. The lowest BCUT2D eigenvalue weighted by atomic mass is 10.2. The fourth-order valence-electron chi connectivity index (χ4n) is 3.19. The minimum absolute atomic E-state index is 0.0179. The third kappa shape index (κ3) is 3.44. The number of fused-ring (bicyclic) bond motifs is 1. The van der Waals surface area contributed by atoms with Crippen molar-refractivity contribution in [1.82, 2.24) is 9.88 Å². The first-order chi connectivity index (χ1) is 13.1. The number of halogens is 2. The molecule has 0 bridgehead atoms. The summed E-state index contributed by atoms with van der Waals surface area (Å²) in [5.74, 6) is -0.138. The molecule has 1 aromatic carbocycles. The summed E-state index contributed by atoms with van der Waals surface area (Å²) >= 11 is 0. The summed E-state index contributed by atoms with van der Waals surface area (Å²) in [5.41, 5.74) is -0.0353. The number of pyridine rings is 1.